The predicted molar refractivity (Wildman–Crippen MR) is 116 cm³/mol. The maximum atomic E-state index is 6.66. The summed E-state index contributed by atoms with van der Waals surface area (Å²) in [6.07, 6.45) is 6.75. The van der Waals surface area contributed by atoms with Crippen LogP contribution in [0.15, 0.2) is 47.2 Å². The van der Waals surface area contributed by atoms with Crippen molar-refractivity contribution in [2.24, 2.45) is 0 Å². The molecule has 0 amide bonds. The number of hydrogen-bond donors (Lipinski definition) is 1. The first-order valence-corrected chi connectivity index (χ1v) is 11.2. The summed E-state index contributed by atoms with van der Waals surface area (Å²) in [5.74, 6) is 0. The average molecular weight is 383 g/mol. The van der Waals surface area contributed by atoms with Crippen LogP contribution in [0.5, 0.6) is 0 Å². The largest absolute Gasteiger partial charge is 0.398 e. The van der Waals surface area contributed by atoms with Gasteiger partial charge >= 0.3 is 0 Å². The summed E-state index contributed by atoms with van der Waals surface area (Å²) in [5, 5.41) is 4.27. The van der Waals surface area contributed by atoms with Crippen LogP contribution in [-0.2, 0) is 6.54 Å². The van der Waals surface area contributed by atoms with Gasteiger partial charge in [0, 0.05) is 33.6 Å². The van der Waals surface area contributed by atoms with Crippen molar-refractivity contribution in [3.8, 4) is 20.9 Å². The highest BCUT2D eigenvalue weighted by atomic mass is 32.1. The molecule has 0 unspecified atom stereocenters. The first kappa shape index (κ1) is 17.8. The zero-order valence-corrected chi connectivity index (χ0v) is 16.9. The summed E-state index contributed by atoms with van der Waals surface area (Å²) in [7, 11) is 2.26. The van der Waals surface area contributed by atoms with E-state index in [4.69, 9.17) is 5.73 Å². The highest BCUT2D eigenvalue weighted by Crippen LogP contribution is 2.38. The lowest BCUT2D eigenvalue weighted by atomic mass is 9.93. The minimum absolute atomic E-state index is 0.693. The lowest BCUT2D eigenvalue weighted by molar-refractivity contribution is 0.185. The van der Waals surface area contributed by atoms with Gasteiger partial charge in [-0.3, -0.25) is 4.90 Å². The van der Waals surface area contributed by atoms with E-state index in [1.54, 1.807) is 22.7 Å². The summed E-state index contributed by atoms with van der Waals surface area (Å²) >= 11 is 3.55. The number of thiophene rings is 2. The van der Waals surface area contributed by atoms with E-state index < -0.39 is 0 Å². The number of hydrogen-bond acceptors (Lipinski definition) is 4. The first-order valence-electron chi connectivity index (χ1n) is 9.43. The molecule has 1 fully saturated rings. The van der Waals surface area contributed by atoms with Crippen LogP contribution in [0.1, 0.15) is 37.7 Å². The summed E-state index contributed by atoms with van der Waals surface area (Å²) in [6.45, 7) is 0.925. The molecule has 4 heteroatoms. The molecule has 136 valence electrons. The molecule has 26 heavy (non-hydrogen) atoms. The highest BCUT2D eigenvalue weighted by molar-refractivity contribution is 7.14. The van der Waals surface area contributed by atoms with Gasteiger partial charge in [-0.2, -0.15) is 0 Å². The van der Waals surface area contributed by atoms with Gasteiger partial charge in [-0.1, -0.05) is 31.4 Å². The van der Waals surface area contributed by atoms with Crippen molar-refractivity contribution in [2.45, 2.75) is 44.7 Å². The predicted octanol–water partition coefficient (Wildman–Crippen LogP) is 6.49. The molecule has 1 aliphatic carbocycles. The van der Waals surface area contributed by atoms with E-state index in [0.717, 1.165) is 12.2 Å². The molecule has 0 spiro atoms. The smallest absolute Gasteiger partial charge is 0.0448 e. The van der Waals surface area contributed by atoms with E-state index in [1.807, 2.05) is 0 Å². The fourth-order valence-corrected chi connectivity index (χ4v) is 5.46. The Kier molecular flexibility index (Phi) is 5.44. The minimum atomic E-state index is 0.693. The van der Waals surface area contributed by atoms with Gasteiger partial charge in [0.05, 0.1) is 0 Å². The molecule has 2 nitrogen and oxygen atoms in total. The van der Waals surface area contributed by atoms with Gasteiger partial charge < -0.3 is 5.73 Å². The van der Waals surface area contributed by atoms with Gasteiger partial charge in [-0.05, 0) is 66.0 Å². The molecule has 1 aromatic carbocycles. The second-order valence-corrected chi connectivity index (χ2v) is 9.15. The van der Waals surface area contributed by atoms with Crippen LogP contribution in [0.4, 0.5) is 5.69 Å². The maximum absolute atomic E-state index is 6.66. The van der Waals surface area contributed by atoms with Gasteiger partial charge in [0.1, 0.15) is 0 Å². The van der Waals surface area contributed by atoms with E-state index in [-0.39, 0.29) is 0 Å². The Morgan fingerprint density at radius 2 is 1.69 bits per heavy atom. The molecule has 1 saturated carbocycles. The number of nitrogens with zero attached hydrogens (tertiary/aromatic N) is 1. The standard InChI is InChI=1S/C22H26N2S2/c1-24(18-7-3-2-4-8-18)15-17-13-16(20-9-5-11-25-20)14-19(22(17)23)21-10-6-12-26-21/h5-6,9-14,18H,2-4,7-8,15,23H2,1H3. The third-order valence-corrected chi connectivity index (χ3v) is 7.30. The highest BCUT2D eigenvalue weighted by Gasteiger charge is 2.20. The normalized spacial score (nSPS) is 15.6. The SMILES string of the molecule is CN(Cc1cc(-c2cccs2)cc(-c2cccs2)c1N)C1CCCCC1. The van der Waals surface area contributed by atoms with E-state index in [2.05, 4.69) is 59.1 Å². The molecule has 0 saturated heterocycles. The molecular formula is C22H26N2S2. The Bertz CT molecular complexity index is 831. The zero-order valence-electron chi connectivity index (χ0n) is 15.3. The second kappa shape index (κ2) is 7.95. The molecule has 2 N–H and O–H groups in total. The van der Waals surface area contributed by atoms with E-state index in [9.17, 15) is 0 Å². The number of benzene rings is 1. The molecule has 0 radical (unpaired) electrons. The maximum Gasteiger partial charge on any atom is 0.0448 e. The fourth-order valence-electron chi connectivity index (χ4n) is 3.98. The fraction of sp³-hybridized carbons (Fsp3) is 0.364. The molecule has 3 aromatic rings. The molecule has 1 aliphatic rings. The van der Waals surface area contributed by atoms with Crippen molar-refractivity contribution in [3.05, 3.63) is 52.7 Å². The summed E-state index contributed by atoms with van der Waals surface area (Å²) in [5.41, 5.74) is 11.3. The van der Waals surface area contributed by atoms with Crippen LogP contribution in [-0.4, -0.2) is 18.0 Å². The van der Waals surface area contributed by atoms with Crippen LogP contribution < -0.4 is 5.73 Å². The Labute approximate surface area is 164 Å². The average Bonchev–Trinajstić information content (AvgIpc) is 3.38. The number of nitrogen functional groups attached to an aromatic ring is 1. The van der Waals surface area contributed by atoms with Crippen LogP contribution in [0.2, 0.25) is 0 Å². The zero-order chi connectivity index (χ0) is 17.9. The van der Waals surface area contributed by atoms with Crippen molar-refractivity contribution >= 4 is 28.4 Å². The summed E-state index contributed by atoms with van der Waals surface area (Å²) in [6, 6.07) is 13.8. The van der Waals surface area contributed by atoms with Crippen molar-refractivity contribution < 1.29 is 0 Å². The Morgan fingerprint density at radius 3 is 2.35 bits per heavy atom. The van der Waals surface area contributed by atoms with Crippen molar-refractivity contribution in [1.29, 1.82) is 0 Å². The van der Waals surface area contributed by atoms with Gasteiger partial charge in [0.25, 0.3) is 0 Å². The molecule has 2 heterocycles. The molecule has 0 aliphatic heterocycles. The van der Waals surface area contributed by atoms with E-state index in [1.165, 1.54) is 58.5 Å². The Balaban J connectivity index is 1.70. The van der Waals surface area contributed by atoms with Crippen molar-refractivity contribution in [1.82, 2.24) is 4.90 Å². The van der Waals surface area contributed by atoms with Crippen LogP contribution in [0, 0.1) is 0 Å². The number of nitrogens with two attached hydrogens (primary N) is 1. The summed E-state index contributed by atoms with van der Waals surface area (Å²) < 4.78 is 0. The molecular weight excluding hydrogens is 356 g/mol. The van der Waals surface area contributed by atoms with Gasteiger partial charge in [0.2, 0.25) is 0 Å². The molecule has 4 rings (SSSR count). The Morgan fingerprint density at radius 1 is 1.00 bits per heavy atom. The molecule has 0 bridgehead atoms. The van der Waals surface area contributed by atoms with E-state index >= 15 is 0 Å². The number of rotatable bonds is 5. The second-order valence-electron chi connectivity index (χ2n) is 7.26. The van der Waals surface area contributed by atoms with Crippen LogP contribution >= 0.6 is 22.7 Å². The van der Waals surface area contributed by atoms with Crippen molar-refractivity contribution in [2.75, 3.05) is 12.8 Å². The topological polar surface area (TPSA) is 29.3 Å². The molecule has 0 atom stereocenters. The summed E-state index contributed by atoms with van der Waals surface area (Å²) in [4.78, 5) is 5.08. The van der Waals surface area contributed by atoms with Gasteiger partial charge in [0.15, 0.2) is 0 Å². The van der Waals surface area contributed by atoms with Crippen LogP contribution in [0.25, 0.3) is 20.9 Å². The lowest BCUT2D eigenvalue weighted by Gasteiger charge is -2.31. The Hall–Kier alpha value is -1.62. The van der Waals surface area contributed by atoms with Crippen LogP contribution in [0.3, 0.4) is 0 Å². The molecule has 2 aromatic heterocycles. The van der Waals surface area contributed by atoms with E-state index in [0.29, 0.717) is 6.04 Å². The third-order valence-electron chi connectivity index (χ3n) is 5.48. The number of anilines is 1. The third kappa shape index (κ3) is 3.73. The van der Waals surface area contributed by atoms with Gasteiger partial charge in [-0.25, -0.2) is 0 Å². The van der Waals surface area contributed by atoms with Gasteiger partial charge in [-0.15, -0.1) is 22.7 Å². The first-order chi connectivity index (χ1) is 12.7. The lowest BCUT2D eigenvalue weighted by Crippen LogP contribution is -2.33. The van der Waals surface area contributed by atoms with Crippen molar-refractivity contribution in [3.63, 3.8) is 0 Å². The monoisotopic (exact) mass is 382 g/mol. The minimum Gasteiger partial charge on any atom is -0.398 e. The quantitative estimate of drug-likeness (QED) is 0.511.